The molecule has 1 saturated heterocycles. The summed E-state index contributed by atoms with van der Waals surface area (Å²) in [5.74, 6) is -2.03. The molecule has 0 radical (unpaired) electrons. The van der Waals surface area contributed by atoms with Gasteiger partial charge in [0.05, 0.1) is 36.4 Å². The molecule has 0 unspecified atom stereocenters. The molecule has 2 N–H and O–H groups in total. The summed E-state index contributed by atoms with van der Waals surface area (Å²) in [5.41, 5.74) is -0.0613. The van der Waals surface area contributed by atoms with Crippen LogP contribution in [0.15, 0.2) is 30.4 Å². The van der Waals surface area contributed by atoms with E-state index < -0.39 is 68.2 Å². The lowest BCUT2D eigenvalue weighted by Gasteiger charge is -2.29. The molecule has 14 nitrogen and oxygen atoms in total. The molecule has 3 aliphatic heterocycles. The van der Waals surface area contributed by atoms with Gasteiger partial charge in [0.1, 0.15) is 34.7 Å². The fraction of sp³-hybridized carbons (Fsp3) is 0.659. The highest BCUT2D eigenvalue weighted by Crippen LogP contribution is 2.50. The number of methoxy groups -OCH3 is 1. The fourth-order valence-corrected chi connectivity index (χ4v) is 10.3. The van der Waals surface area contributed by atoms with Crippen LogP contribution in [-0.4, -0.2) is 89.2 Å². The average molecular weight is 792 g/mol. The monoisotopic (exact) mass is 791 g/mol. The van der Waals surface area contributed by atoms with E-state index in [4.69, 9.17) is 24.2 Å². The number of nitrogens with one attached hydrogen (secondary N) is 2. The molecule has 3 aliphatic carbocycles. The Morgan fingerprint density at radius 2 is 1.80 bits per heavy atom. The summed E-state index contributed by atoms with van der Waals surface area (Å²) < 4.78 is 46.2. The van der Waals surface area contributed by atoms with Crippen molar-refractivity contribution in [3.05, 3.63) is 36.0 Å². The van der Waals surface area contributed by atoms with E-state index in [0.29, 0.717) is 60.5 Å². The Labute approximate surface area is 327 Å². The lowest BCUT2D eigenvalue weighted by atomic mass is 9.95. The second kappa shape index (κ2) is 15.2. The van der Waals surface area contributed by atoms with Crippen LogP contribution in [0.5, 0.6) is 11.6 Å². The molecular formula is C41H53N5O9S. The molecule has 1 aromatic heterocycles. The fourth-order valence-electron chi connectivity index (χ4n) is 8.90. The number of hydrogen-bond acceptors (Lipinski definition) is 11. The molecule has 8 rings (SSSR count). The maximum atomic E-state index is 14.7. The Morgan fingerprint density at radius 1 is 1.00 bits per heavy atom. The number of aromatic nitrogens is 2. The van der Waals surface area contributed by atoms with Crippen LogP contribution in [0, 0.1) is 17.8 Å². The Bertz CT molecular complexity index is 2040. The molecule has 1 aromatic carbocycles. The molecule has 4 heterocycles. The van der Waals surface area contributed by atoms with Crippen molar-refractivity contribution in [2.24, 2.45) is 17.8 Å². The van der Waals surface area contributed by atoms with Crippen molar-refractivity contribution in [2.45, 2.75) is 138 Å². The van der Waals surface area contributed by atoms with Crippen LogP contribution in [0.25, 0.3) is 11.0 Å². The number of aryl methyl sites for hydroxylation is 1. The minimum absolute atomic E-state index is 0.0398. The first-order chi connectivity index (χ1) is 26.9. The van der Waals surface area contributed by atoms with Gasteiger partial charge in [0.25, 0.3) is 5.91 Å². The van der Waals surface area contributed by atoms with Crippen molar-refractivity contribution < 1.29 is 41.8 Å². The van der Waals surface area contributed by atoms with Crippen LogP contribution in [0.3, 0.4) is 0 Å². The summed E-state index contributed by atoms with van der Waals surface area (Å²) in [4.78, 5) is 67.9. The SMILES string of the molecule is COc1ccc2nc3c(nc2c1)O[C@@H]1C[C@H]2C(=O)N[C@]4(C(=O)NS(=O)(=O)C5CC5)C[C@H]4/C=C\CCCCC[C@H](CC(=O)O[C@]4(C)C[C@H]4CCCCC3)C(=O)N2C1. The molecule has 2 aromatic rings. The maximum absolute atomic E-state index is 14.7. The number of ether oxygens (including phenoxy) is 3. The van der Waals surface area contributed by atoms with E-state index in [1.165, 1.54) is 4.90 Å². The molecule has 7 atom stereocenters. The van der Waals surface area contributed by atoms with E-state index >= 15 is 0 Å². The van der Waals surface area contributed by atoms with Gasteiger partial charge in [-0.15, -0.1) is 0 Å². The van der Waals surface area contributed by atoms with E-state index in [-0.39, 0.29) is 37.6 Å². The van der Waals surface area contributed by atoms with E-state index in [1.54, 1.807) is 13.2 Å². The normalized spacial score (nSPS) is 33.4. The van der Waals surface area contributed by atoms with Gasteiger partial charge in [-0.1, -0.05) is 37.8 Å². The van der Waals surface area contributed by atoms with Gasteiger partial charge >= 0.3 is 5.97 Å². The van der Waals surface area contributed by atoms with Crippen LogP contribution >= 0.6 is 0 Å². The molecule has 3 saturated carbocycles. The Morgan fingerprint density at radius 3 is 2.61 bits per heavy atom. The predicted molar refractivity (Wildman–Crippen MR) is 205 cm³/mol. The first-order valence-electron chi connectivity index (χ1n) is 20.5. The zero-order chi connectivity index (χ0) is 39.2. The highest BCUT2D eigenvalue weighted by Gasteiger charge is 2.62. The highest BCUT2D eigenvalue weighted by molar-refractivity contribution is 7.91. The van der Waals surface area contributed by atoms with Crippen molar-refractivity contribution in [3.8, 4) is 11.6 Å². The minimum atomic E-state index is -3.88. The topological polar surface area (TPSA) is 183 Å². The summed E-state index contributed by atoms with van der Waals surface area (Å²) in [6.07, 6.45) is 13.0. The summed E-state index contributed by atoms with van der Waals surface area (Å²) in [7, 11) is -2.30. The van der Waals surface area contributed by atoms with Crippen LogP contribution in [0.4, 0.5) is 0 Å². The lowest BCUT2D eigenvalue weighted by Crippen LogP contribution is -2.57. The Hall–Kier alpha value is -4.27. The maximum Gasteiger partial charge on any atom is 0.307 e. The highest BCUT2D eigenvalue weighted by atomic mass is 32.2. The molecular weight excluding hydrogens is 739 g/mol. The standard InChI is InChI=1S/C41H53N5O9S/c1-40-22-26(40)12-9-6-10-14-32-37(43-33-20-28(53-2)15-18-31(33)42-32)54-29-21-34-36(48)44-41(39(50)45-56(51,52)30-16-17-30)23-27(41)13-8-5-3-4-7-11-25(19-35(47)55-40)38(49)46(34)24-29/h8,13,15,18,20,25-27,29-30,34H,3-7,9-12,14,16-17,19,21-24H2,1-2H3,(H,44,48)(H,45,50)/b13-8-/t25-,26-,27-,29-,34+,40-,41-/m1/s1. The van der Waals surface area contributed by atoms with Gasteiger partial charge in [0.2, 0.25) is 27.7 Å². The first-order valence-corrected chi connectivity index (χ1v) is 22.0. The number of amides is 3. The molecule has 6 aliphatic rings. The molecule has 3 bridgehead atoms. The molecule has 15 heteroatoms. The number of carbonyl (C=O) groups is 4. The van der Waals surface area contributed by atoms with Gasteiger partial charge in [-0.2, -0.15) is 0 Å². The second-order valence-electron chi connectivity index (χ2n) is 17.0. The summed E-state index contributed by atoms with van der Waals surface area (Å²) in [6.45, 7) is 2.01. The van der Waals surface area contributed by atoms with Crippen molar-refractivity contribution in [1.82, 2.24) is 24.9 Å². The molecule has 3 amide bonds. The van der Waals surface area contributed by atoms with Crippen molar-refractivity contribution in [1.29, 1.82) is 0 Å². The number of sulfonamides is 1. The van der Waals surface area contributed by atoms with E-state index in [9.17, 15) is 27.6 Å². The summed E-state index contributed by atoms with van der Waals surface area (Å²) in [5, 5.41) is 2.31. The third-order valence-corrected chi connectivity index (χ3v) is 14.5. The zero-order valence-corrected chi connectivity index (χ0v) is 33.1. The second-order valence-corrected chi connectivity index (χ2v) is 19.0. The van der Waals surface area contributed by atoms with Gasteiger partial charge in [-0.25, -0.2) is 18.4 Å². The van der Waals surface area contributed by atoms with Crippen LogP contribution in [0.2, 0.25) is 0 Å². The number of rotatable bonds is 4. The number of hydrogen-bond donors (Lipinski definition) is 2. The number of benzene rings is 1. The van der Waals surface area contributed by atoms with Gasteiger partial charge in [-0.3, -0.25) is 23.9 Å². The number of carbonyl (C=O) groups excluding carboxylic acids is 4. The van der Waals surface area contributed by atoms with Crippen molar-refractivity contribution in [2.75, 3.05) is 13.7 Å². The van der Waals surface area contributed by atoms with Crippen molar-refractivity contribution >= 4 is 44.7 Å². The van der Waals surface area contributed by atoms with E-state index in [0.717, 1.165) is 51.4 Å². The van der Waals surface area contributed by atoms with E-state index in [2.05, 4.69) is 10.0 Å². The minimum Gasteiger partial charge on any atom is -0.497 e. The van der Waals surface area contributed by atoms with Gasteiger partial charge in [0, 0.05) is 30.2 Å². The van der Waals surface area contributed by atoms with Gasteiger partial charge in [-0.05, 0) is 83.3 Å². The average Bonchev–Trinajstić information content (AvgIpc) is 4.11. The number of allylic oxidation sites excluding steroid dienone is 1. The first kappa shape index (κ1) is 38.6. The Balaban J connectivity index is 1.14. The summed E-state index contributed by atoms with van der Waals surface area (Å²) in [6, 6.07) is 4.43. The summed E-state index contributed by atoms with van der Waals surface area (Å²) >= 11 is 0. The van der Waals surface area contributed by atoms with Gasteiger partial charge in [0.15, 0.2) is 0 Å². The number of nitrogens with zero attached hydrogens (tertiary/aromatic N) is 3. The molecule has 302 valence electrons. The number of fused-ring (bicyclic) bond motifs is 6. The Kier molecular flexibility index (Phi) is 10.5. The van der Waals surface area contributed by atoms with Crippen LogP contribution < -0.4 is 19.5 Å². The predicted octanol–water partition coefficient (Wildman–Crippen LogP) is 4.43. The molecule has 4 fully saturated rings. The van der Waals surface area contributed by atoms with Crippen LogP contribution in [-0.2, 0) is 40.4 Å². The lowest BCUT2D eigenvalue weighted by molar-refractivity contribution is -0.156. The quantitative estimate of drug-likeness (QED) is 0.330. The molecule has 0 spiro atoms. The van der Waals surface area contributed by atoms with Crippen LogP contribution in [0.1, 0.15) is 109 Å². The third kappa shape index (κ3) is 8.10. The largest absolute Gasteiger partial charge is 0.497 e. The smallest absolute Gasteiger partial charge is 0.307 e. The number of esters is 1. The van der Waals surface area contributed by atoms with E-state index in [1.807, 2.05) is 31.2 Å². The molecule has 56 heavy (non-hydrogen) atoms. The van der Waals surface area contributed by atoms with Crippen molar-refractivity contribution in [3.63, 3.8) is 0 Å². The zero-order valence-electron chi connectivity index (χ0n) is 32.3. The van der Waals surface area contributed by atoms with Gasteiger partial charge < -0.3 is 24.4 Å². The third-order valence-electron chi connectivity index (χ3n) is 12.7.